The van der Waals surface area contributed by atoms with Gasteiger partial charge in [-0.15, -0.1) is 0 Å². The molecule has 5 heteroatoms. The predicted molar refractivity (Wildman–Crippen MR) is 89.5 cm³/mol. The Balaban J connectivity index is 1.92. The highest BCUT2D eigenvalue weighted by atomic mass is 35.5. The van der Waals surface area contributed by atoms with Crippen LogP contribution in [0.2, 0.25) is 5.02 Å². The van der Waals surface area contributed by atoms with Crippen LogP contribution in [-0.2, 0) is 13.0 Å². The Hall–Kier alpha value is -1.52. The molecule has 0 fully saturated rings. The Kier molecular flexibility index (Phi) is 4.41. The summed E-state index contributed by atoms with van der Waals surface area (Å²) in [6, 6.07) is 5.91. The summed E-state index contributed by atoms with van der Waals surface area (Å²) in [4.78, 5) is 2.43. The van der Waals surface area contributed by atoms with Crippen LogP contribution in [0.25, 0.3) is 11.3 Å². The van der Waals surface area contributed by atoms with Crippen molar-refractivity contribution in [2.45, 2.75) is 39.8 Å². The zero-order valence-electron chi connectivity index (χ0n) is 13.3. The molecule has 1 aromatic heterocycles. The average Bonchev–Trinajstić information content (AvgIpc) is 2.91. The normalized spacial score (nSPS) is 15.1. The number of hydrogen-bond acceptors (Lipinski definition) is 3. The van der Waals surface area contributed by atoms with Gasteiger partial charge >= 0.3 is 0 Å². The van der Waals surface area contributed by atoms with E-state index in [0.29, 0.717) is 5.02 Å². The SMILES string of the molecule is CCN1CCc2[nH]nc(-c3ccc(OC(C)C)c(Cl)c3)c2C1. The number of likely N-dealkylation sites (N-methyl/N-ethyl adjacent to an activating group) is 1. The van der Waals surface area contributed by atoms with E-state index in [0.717, 1.165) is 43.1 Å². The van der Waals surface area contributed by atoms with Gasteiger partial charge < -0.3 is 4.74 Å². The lowest BCUT2D eigenvalue weighted by molar-refractivity contribution is 0.242. The summed E-state index contributed by atoms with van der Waals surface area (Å²) in [7, 11) is 0. The highest BCUT2D eigenvalue weighted by molar-refractivity contribution is 6.32. The molecule has 0 unspecified atom stereocenters. The number of rotatable bonds is 4. The number of nitrogens with one attached hydrogen (secondary N) is 1. The van der Waals surface area contributed by atoms with Crippen molar-refractivity contribution in [2.75, 3.05) is 13.1 Å². The molecule has 4 nitrogen and oxygen atoms in total. The van der Waals surface area contributed by atoms with Gasteiger partial charge in [-0.25, -0.2) is 0 Å². The molecule has 1 N–H and O–H groups in total. The summed E-state index contributed by atoms with van der Waals surface area (Å²) >= 11 is 6.36. The third-order valence-electron chi connectivity index (χ3n) is 4.03. The van der Waals surface area contributed by atoms with E-state index in [1.54, 1.807) is 0 Å². The number of hydrogen-bond donors (Lipinski definition) is 1. The van der Waals surface area contributed by atoms with Crippen LogP contribution in [0.1, 0.15) is 32.0 Å². The maximum Gasteiger partial charge on any atom is 0.138 e. The van der Waals surface area contributed by atoms with Gasteiger partial charge in [-0.05, 0) is 38.6 Å². The van der Waals surface area contributed by atoms with Gasteiger partial charge in [0.25, 0.3) is 0 Å². The number of aromatic nitrogens is 2. The molecule has 0 bridgehead atoms. The fourth-order valence-corrected chi connectivity index (χ4v) is 3.08. The van der Waals surface area contributed by atoms with Crippen molar-refractivity contribution in [1.29, 1.82) is 0 Å². The summed E-state index contributed by atoms with van der Waals surface area (Å²) in [5, 5.41) is 8.33. The summed E-state index contributed by atoms with van der Waals surface area (Å²) in [5.74, 6) is 0.722. The monoisotopic (exact) mass is 319 g/mol. The lowest BCUT2D eigenvalue weighted by Gasteiger charge is -2.25. The first-order valence-electron chi connectivity index (χ1n) is 7.83. The molecule has 118 valence electrons. The number of halogens is 1. The van der Waals surface area contributed by atoms with E-state index in [2.05, 4.69) is 22.0 Å². The topological polar surface area (TPSA) is 41.2 Å². The molecule has 1 aliphatic rings. The Bertz CT molecular complexity index is 666. The summed E-state index contributed by atoms with van der Waals surface area (Å²) in [6.07, 6.45) is 1.14. The van der Waals surface area contributed by atoms with Crippen molar-refractivity contribution < 1.29 is 4.74 Å². The van der Waals surface area contributed by atoms with Gasteiger partial charge in [0.05, 0.1) is 16.8 Å². The minimum absolute atomic E-state index is 0.111. The van der Waals surface area contributed by atoms with Gasteiger partial charge in [0.2, 0.25) is 0 Å². The van der Waals surface area contributed by atoms with E-state index in [4.69, 9.17) is 16.3 Å². The average molecular weight is 320 g/mol. The smallest absolute Gasteiger partial charge is 0.138 e. The first-order chi connectivity index (χ1) is 10.6. The maximum atomic E-state index is 6.36. The maximum absolute atomic E-state index is 6.36. The molecule has 0 atom stereocenters. The first-order valence-corrected chi connectivity index (χ1v) is 8.21. The highest BCUT2D eigenvalue weighted by Crippen LogP contribution is 2.33. The Morgan fingerprint density at radius 3 is 2.91 bits per heavy atom. The van der Waals surface area contributed by atoms with E-state index in [1.165, 1.54) is 11.3 Å². The van der Waals surface area contributed by atoms with E-state index < -0.39 is 0 Å². The molecule has 0 aliphatic carbocycles. The molecule has 3 rings (SSSR count). The van der Waals surface area contributed by atoms with Crippen molar-refractivity contribution >= 4 is 11.6 Å². The zero-order valence-corrected chi connectivity index (χ0v) is 14.1. The van der Waals surface area contributed by atoms with Gasteiger partial charge in [-0.2, -0.15) is 5.10 Å². The van der Waals surface area contributed by atoms with Crippen LogP contribution in [0.3, 0.4) is 0 Å². The lowest BCUT2D eigenvalue weighted by atomic mass is 10.0. The molecule has 0 radical (unpaired) electrons. The lowest BCUT2D eigenvalue weighted by Crippen LogP contribution is -2.30. The van der Waals surface area contributed by atoms with Crippen LogP contribution in [0.15, 0.2) is 18.2 Å². The van der Waals surface area contributed by atoms with E-state index in [1.807, 2.05) is 32.0 Å². The number of ether oxygens (including phenoxy) is 1. The third kappa shape index (κ3) is 2.99. The highest BCUT2D eigenvalue weighted by Gasteiger charge is 2.22. The third-order valence-corrected chi connectivity index (χ3v) is 4.32. The van der Waals surface area contributed by atoms with Crippen molar-refractivity contribution in [2.24, 2.45) is 0 Å². The molecular weight excluding hydrogens is 298 g/mol. The zero-order chi connectivity index (χ0) is 15.7. The Morgan fingerprint density at radius 2 is 2.23 bits per heavy atom. The quantitative estimate of drug-likeness (QED) is 0.929. The second-order valence-corrected chi connectivity index (χ2v) is 6.37. The van der Waals surface area contributed by atoms with Crippen molar-refractivity contribution in [1.82, 2.24) is 15.1 Å². The molecule has 0 amide bonds. The fraction of sp³-hybridized carbons (Fsp3) is 0.471. The summed E-state index contributed by atoms with van der Waals surface area (Å²) in [5.41, 5.74) is 4.59. The number of benzene rings is 1. The molecule has 0 saturated heterocycles. The Morgan fingerprint density at radius 1 is 1.41 bits per heavy atom. The minimum atomic E-state index is 0.111. The van der Waals surface area contributed by atoms with Gasteiger partial charge in [-0.1, -0.05) is 18.5 Å². The number of nitrogens with zero attached hydrogens (tertiary/aromatic N) is 2. The van der Waals surface area contributed by atoms with Crippen LogP contribution in [0.5, 0.6) is 5.75 Å². The molecule has 0 saturated carbocycles. The molecular formula is C17H22ClN3O. The van der Waals surface area contributed by atoms with Gasteiger partial charge in [0, 0.05) is 36.3 Å². The van der Waals surface area contributed by atoms with Crippen molar-refractivity contribution in [3.63, 3.8) is 0 Å². The van der Waals surface area contributed by atoms with Gasteiger partial charge in [-0.3, -0.25) is 10.00 Å². The van der Waals surface area contributed by atoms with Crippen LogP contribution in [0, 0.1) is 0 Å². The number of fused-ring (bicyclic) bond motifs is 1. The largest absolute Gasteiger partial charge is 0.489 e. The van der Waals surface area contributed by atoms with Gasteiger partial charge in [0.1, 0.15) is 5.75 Å². The second kappa shape index (κ2) is 6.31. The van der Waals surface area contributed by atoms with Crippen molar-refractivity contribution in [3.05, 3.63) is 34.5 Å². The standard InChI is InChI=1S/C17H22ClN3O/c1-4-21-8-7-15-13(10-21)17(20-19-15)12-5-6-16(14(18)9-12)22-11(2)3/h5-6,9,11H,4,7-8,10H2,1-3H3,(H,19,20). The molecule has 2 heterocycles. The number of aromatic amines is 1. The fourth-order valence-electron chi connectivity index (χ4n) is 2.86. The Labute approximate surface area is 136 Å². The van der Waals surface area contributed by atoms with Crippen LogP contribution >= 0.6 is 11.6 Å². The molecule has 0 spiro atoms. The predicted octanol–water partition coefficient (Wildman–Crippen LogP) is 3.90. The van der Waals surface area contributed by atoms with Crippen LogP contribution in [-0.4, -0.2) is 34.3 Å². The molecule has 22 heavy (non-hydrogen) atoms. The minimum Gasteiger partial charge on any atom is -0.489 e. The summed E-state index contributed by atoms with van der Waals surface area (Å²) in [6.45, 7) is 9.28. The summed E-state index contributed by atoms with van der Waals surface area (Å²) < 4.78 is 5.70. The van der Waals surface area contributed by atoms with E-state index >= 15 is 0 Å². The molecule has 2 aromatic rings. The van der Waals surface area contributed by atoms with Crippen molar-refractivity contribution in [3.8, 4) is 17.0 Å². The van der Waals surface area contributed by atoms with Crippen LogP contribution in [0.4, 0.5) is 0 Å². The van der Waals surface area contributed by atoms with E-state index in [9.17, 15) is 0 Å². The number of H-pyrrole nitrogens is 1. The molecule has 1 aromatic carbocycles. The van der Waals surface area contributed by atoms with E-state index in [-0.39, 0.29) is 6.10 Å². The molecule has 1 aliphatic heterocycles. The van der Waals surface area contributed by atoms with Crippen LogP contribution < -0.4 is 4.74 Å². The first kappa shape index (κ1) is 15.4. The van der Waals surface area contributed by atoms with Gasteiger partial charge in [0.15, 0.2) is 0 Å². The second-order valence-electron chi connectivity index (χ2n) is 5.96.